The van der Waals surface area contributed by atoms with Gasteiger partial charge >= 0.3 is 11.9 Å². The van der Waals surface area contributed by atoms with E-state index in [1.54, 1.807) is 36.5 Å². The molecule has 0 radical (unpaired) electrons. The summed E-state index contributed by atoms with van der Waals surface area (Å²) in [5.41, 5.74) is 13.2. The van der Waals surface area contributed by atoms with Gasteiger partial charge < -0.3 is 42.6 Å². The van der Waals surface area contributed by atoms with Crippen LogP contribution in [0.25, 0.3) is 10.9 Å². The van der Waals surface area contributed by atoms with Gasteiger partial charge in [-0.05, 0) is 30.0 Å². The molecule has 4 atom stereocenters. The zero-order valence-electron chi connectivity index (χ0n) is 23.8. The molecule has 0 fully saturated rings. The first-order chi connectivity index (χ1) is 20.9. The predicted molar refractivity (Wildman–Crippen MR) is 159 cm³/mol. The Labute approximate surface area is 252 Å². The Balaban J connectivity index is 1.88. The minimum atomic E-state index is -1.45. The molecule has 0 bridgehead atoms. The Kier molecular flexibility index (Phi) is 12.0. The number of carbonyl (C=O) groups is 6. The zero-order valence-corrected chi connectivity index (χ0v) is 23.8. The number of hydrogen-bond acceptors (Lipinski definition) is 7. The van der Waals surface area contributed by atoms with Crippen molar-refractivity contribution in [1.82, 2.24) is 20.9 Å². The summed E-state index contributed by atoms with van der Waals surface area (Å²) in [6.07, 6.45) is 0.600. The van der Waals surface area contributed by atoms with E-state index in [1.165, 1.54) is 0 Å². The summed E-state index contributed by atoms with van der Waals surface area (Å²) >= 11 is 0. The normalized spacial score (nSPS) is 13.7. The number of benzene rings is 2. The van der Waals surface area contributed by atoms with Gasteiger partial charge in [0.25, 0.3) is 0 Å². The third kappa shape index (κ3) is 9.94. The fourth-order valence-corrected chi connectivity index (χ4v) is 4.57. The van der Waals surface area contributed by atoms with E-state index in [4.69, 9.17) is 16.6 Å². The van der Waals surface area contributed by atoms with E-state index in [0.717, 1.165) is 10.9 Å². The molecule has 1 heterocycles. The second-order valence-electron chi connectivity index (χ2n) is 10.3. The van der Waals surface area contributed by atoms with Gasteiger partial charge in [0.1, 0.15) is 18.1 Å². The van der Waals surface area contributed by atoms with E-state index in [-0.39, 0.29) is 38.5 Å². The molecule has 3 rings (SSSR count). The SMILES string of the molecule is NC(=O)CCC(NC(=O)C(Cc1ccccc1)NC(=O)C(Cc1c[nH]c2ccccc12)NC(=O)C(N)CCC(=O)O)C(=O)O. The van der Waals surface area contributed by atoms with Gasteiger partial charge in [0.05, 0.1) is 6.04 Å². The first-order valence-electron chi connectivity index (χ1n) is 13.9. The topological polar surface area (TPSA) is 247 Å². The highest BCUT2D eigenvalue weighted by molar-refractivity contribution is 5.95. The third-order valence-corrected chi connectivity index (χ3v) is 6.95. The molecule has 0 aliphatic rings. The maximum atomic E-state index is 13.7. The molecule has 4 unspecified atom stereocenters. The molecular formula is C30H36N6O8. The summed E-state index contributed by atoms with van der Waals surface area (Å²) in [5, 5.41) is 26.9. The maximum absolute atomic E-state index is 13.7. The van der Waals surface area contributed by atoms with Crippen molar-refractivity contribution in [3.05, 3.63) is 71.9 Å². The van der Waals surface area contributed by atoms with Crippen LogP contribution < -0.4 is 27.4 Å². The van der Waals surface area contributed by atoms with E-state index in [0.29, 0.717) is 11.1 Å². The molecule has 0 saturated carbocycles. The average molecular weight is 609 g/mol. The number of carboxylic acid groups (broad SMARTS) is 2. The van der Waals surface area contributed by atoms with Crippen LogP contribution in [0.4, 0.5) is 0 Å². The first-order valence-corrected chi connectivity index (χ1v) is 13.9. The summed E-state index contributed by atoms with van der Waals surface area (Å²) in [6.45, 7) is 0. The molecule has 4 amide bonds. The second-order valence-corrected chi connectivity index (χ2v) is 10.3. The highest BCUT2D eigenvalue weighted by Crippen LogP contribution is 2.19. The summed E-state index contributed by atoms with van der Waals surface area (Å²) in [4.78, 5) is 77.1. The van der Waals surface area contributed by atoms with Crippen LogP contribution in [-0.2, 0) is 41.6 Å². The van der Waals surface area contributed by atoms with Gasteiger partial charge in [-0.3, -0.25) is 24.0 Å². The van der Waals surface area contributed by atoms with Crippen molar-refractivity contribution in [2.75, 3.05) is 0 Å². The molecule has 0 saturated heterocycles. The molecular weight excluding hydrogens is 572 g/mol. The standard InChI is InChI=1S/C30H36N6O8/c31-20(10-13-26(38)39)27(40)35-24(15-18-16-33-21-9-5-4-8-19(18)21)29(42)36-23(14-17-6-2-1-3-7-17)28(41)34-22(30(43)44)11-12-25(32)37/h1-9,16,20,22-24,33H,10-15,31H2,(H2,32,37)(H,34,41)(H,35,40)(H,36,42)(H,38,39)(H,43,44). The fraction of sp³-hybridized carbons (Fsp3) is 0.333. The molecule has 234 valence electrons. The molecule has 1 aromatic heterocycles. The van der Waals surface area contributed by atoms with Crippen molar-refractivity contribution in [3.8, 4) is 0 Å². The summed E-state index contributed by atoms with van der Waals surface area (Å²) in [6, 6.07) is 10.8. The van der Waals surface area contributed by atoms with E-state index < -0.39 is 59.7 Å². The average Bonchev–Trinajstić information content (AvgIpc) is 3.40. The molecule has 10 N–H and O–H groups in total. The van der Waals surface area contributed by atoms with E-state index in [9.17, 15) is 33.9 Å². The van der Waals surface area contributed by atoms with Gasteiger partial charge in [0.2, 0.25) is 23.6 Å². The number of aromatic amines is 1. The Morgan fingerprint density at radius 3 is 1.95 bits per heavy atom. The zero-order chi connectivity index (χ0) is 32.2. The van der Waals surface area contributed by atoms with Gasteiger partial charge in [-0.2, -0.15) is 0 Å². The van der Waals surface area contributed by atoms with Crippen LogP contribution in [0.1, 0.15) is 36.8 Å². The van der Waals surface area contributed by atoms with Crippen molar-refractivity contribution in [1.29, 1.82) is 0 Å². The third-order valence-electron chi connectivity index (χ3n) is 6.95. The molecule has 14 heteroatoms. The lowest BCUT2D eigenvalue weighted by atomic mass is 10.0. The Hall–Kier alpha value is -5.24. The van der Waals surface area contributed by atoms with Crippen LogP contribution in [0, 0.1) is 0 Å². The number of primary amides is 1. The minimum Gasteiger partial charge on any atom is -0.481 e. The van der Waals surface area contributed by atoms with Gasteiger partial charge in [0.15, 0.2) is 0 Å². The first kappa shape index (κ1) is 33.3. The molecule has 2 aromatic carbocycles. The number of rotatable bonds is 17. The van der Waals surface area contributed by atoms with Gasteiger partial charge in [-0.1, -0.05) is 48.5 Å². The molecule has 14 nitrogen and oxygen atoms in total. The van der Waals surface area contributed by atoms with Gasteiger partial charge in [-0.25, -0.2) is 4.79 Å². The van der Waals surface area contributed by atoms with Crippen LogP contribution >= 0.6 is 0 Å². The highest BCUT2D eigenvalue weighted by atomic mass is 16.4. The van der Waals surface area contributed by atoms with Crippen LogP contribution in [0.2, 0.25) is 0 Å². The number of aromatic nitrogens is 1. The summed E-state index contributed by atoms with van der Waals surface area (Å²) in [7, 11) is 0. The summed E-state index contributed by atoms with van der Waals surface area (Å²) in [5.74, 6) is -5.59. The molecule has 44 heavy (non-hydrogen) atoms. The number of carbonyl (C=O) groups excluding carboxylic acids is 4. The molecule has 0 aliphatic carbocycles. The Morgan fingerprint density at radius 2 is 1.32 bits per heavy atom. The number of nitrogens with two attached hydrogens (primary N) is 2. The van der Waals surface area contributed by atoms with E-state index in [2.05, 4.69) is 20.9 Å². The number of carboxylic acids is 2. The number of para-hydroxylation sites is 1. The molecule has 3 aromatic rings. The largest absolute Gasteiger partial charge is 0.481 e. The number of aliphatic carboxylic acids is 2. The van der Waals surface area contributed by atoms with Gasteiger partial charge in [-0.15, -0.1) is 0 Å². The molecule has 0 aliphatic heterocycles. The lowest BCUT2D eigenvalue weighted by Crippen LogP contribution is -2.58. The van der Waals surface area contributed by atoms with Crippen molar-refractivity contribution in [2.24, 2.45) is 11.5 Å². The minimum absolute atomic E-state index is 0.0106. The van der Waals surface area contributed by atoms with E-state index >= 15 is 0 Å². The lowest BCUT2D eigenvalue weighted by molar-refractivity contribution is -0.142. The van der Waals surface area contributed by atoms with Crippen molar-refractivity contribution < 1.29 is 39.0 Å². The number of fused-ring (bicyclic) bond motifs is 1. The quantitative estimate of drug-likeness (QED) is 0.102. The van der Waals surface area contributed by atoms with Crippen LogP contribution in [0.5, 0.6) is 0 Å². The maximum Gasteiger partial charge on any atom is 0.326 e. The van der Waals surface area contributed by atoms with Crippen molar-refractivity contribution >= 4 is 46.5 Å². The summed E-state index contributed by atoms with van der Waals surface area (Å²) < 4.78 is 0. The van der Waals surface area contributed by atoms with Crippen LogP contribution in [-0.4, -0.2) is 74.9 Å². The lowest BCUT2D eigenvalue weighted by Gasteiger charge is -2.25. The number of amides is 4. The smallest absolute Gasteiger partial charge is 0.326 e. The second kappa shape index (κ2) is 15.8. The predicted octanol–water partition coefficient (Wildman–Crippen LogP) is -0.0503. The Bertz CT molecular complexity index is 1490. The Morgan fingerprint density at radius 1 is 0.727 bits per heavy atom. The van der Waals surface area contributed by atoms with Gasteiger partial charge in [0, 0.05) is 42.8 Å². The van der Waals surface area contributed by atoms with Crippen molar-refractivity contribution in [2.45, 2.75) is 62.7 Å². The monoisotopic (exact) mass is 608 g/mol. The number of H-pyrrole nitrogens is 1. The van der Waals surface area contributed by atoms with Crippen LogP contribution in [0.3, 0.4) is 0 Å². The highest BCUT2D eigenvalue weighted by Gasteiger charge is 2.31. The number of hydrogen-bond donors (Lipinski definition) is 8. The fourth-order valence-electron chi connectivity index (χ4n) is 4.57. The number of nitrogens with one attached hydrogen (secondary N) is 4. The van der Waals surface area contributed by atoms with Crippen LogP contribution in [0.15, 0.2) is 60.8 Å². The molecule has 0 spiro atoms. The van der Waals surface area contributed by atoms with Crippen molar-refractivity contribution in [3.63, 3.8) is 0 Å². The van der Waals surface area contributed by atoms with E-state index in [1.807, 2.05) is 24.3 Å².